The van der Waals surface area contributed by atoms with Crippen LogP contribution in [0.15, 0.2) is 66.7 Å². The van der Waals surface area contributed by atoms with Crippen LogP contribution in [0.3, 0.4) is 0 Å². The van der Waals surface area contributed by atoms with E-state index in [1.54, 1.807) is 48.5 Å². The van der Waals surface area contributed by atoms with E-state index in [1.807, 2.05) is 12.1 Å². The van der Waals surface area contributed by atoms with E-state index < -0.39 is 0 Å². The summed E-state index contributed by atoms with van der Waals surface area (Å²) >= 11 is 0. The van der Waals surface area contributed by atoms with Gasteiger partial charge in [-0.25, -0.2) is 0 Å². The fraction of sp³-hybridized carbons (Fsp3) is 0.444. The first kappa shape index (κ1) is 41.9. The third-order valence-electron chi connectivity index (χ3n) is 5.00. The summed E-state index contributed by atoms with van der Waals surface area (Å²) in [6.45, 7) is 11.9. The Kier molecular flexibility index (Phi) is 31.7. The van der Waals surface area contributed by atoms with Crippen LogP contribution in [0.1, 0.15) is 15.9 Å². The molecule has 6 N–H and O–H groups in total. The summed E-state index contributed by atoms with van der Waals surface area (Å²) in [5.41, 5.74) is 1.05. The topological polar surface area (TPSA) is 140 Å². The second-order valence-corrected chi connectivity index (χ2v) is 7.81. The van der Waals surface area contributed by atoms with E-state index in [4.69, 9.17) is 14.2 Å². The molecular weight excluding hydrogens is 597 g/mol. The van der Waals surface area contributed by atoms with Gasteiger partial charge in [0.1, 0.15) is 0 Å². The average Bonchev–Trinajstić information content (AvgIpc) is 2.98. The zero-order valence-electron chi connectivity index (χ0n) is 22.0. The normalized spacial score (nSPS) is 15.9. The number of halogens is 2. The van der Waals surface area contributed by atoms with Crippen LogP contribution in [0.5, 0.6) is 0 Å². The van der Waals surface area contributed by atoms with E-state index in [9.17, 15) is 9.90 Å². The van der Waals surface area contributed by atoms with Crippen LogP contribution in [0.25, 0.3) is 5.76 Å². The Labute approximate surface area is 255 Å². The van der Waals surface area contributed by atoms with Gasteiger partial charge in [0.15, 0.2) is 5.78 Å². The summed E-state index contributed by atoms with van der Waals surface area (Å²) in [7, 11) is 0. The van der Waals surface area contributed by atoms with Gasteiger partial charge >= 0.3 is 17.1 Å². The van der Waals surface area contributed by atoms with E-state index in [0.717, 1.165) is 85.0 Å². The SMILES string of the molecule is C1COCCN1.C1COCCN1.C1COCC[NH2+]1.O.O=C(/C=C(\[O-])c1ccccc1)c1ccccc1.[Cl-].[Cl-].[Cu+2]. The Bertz CT molecular complexity index is 764. The van der Waals surface area contributed by atoms with Crippen molar-refractivity contribution in [3.8, 4) is 0 Å². The molecule has 225 valence electrons. The minimum absolute atomic E-state index is 0. The van der Waals surface area contributed by atoms with Crippen LogP contribution >= 0.6 is 0 Å². The smallest absolute Gasteiger partial charge is 1.00 e. The van der Waals surface area contributed by atoms with Crippen LogP contribution < -0.4 is 45.9 Å². The molecule has 0 atom stereocenters. The van der Waals surface area contributed by atoms with Gasteiger partial charge in [0.25, 0.3) is 0 Å². The minimum Gasteiger partial charge on any atom is -1.00 e. The molecule has 0 spiro atoms. The van der Waals surface area contributed by atoms with Crippen LogP contribution in [-0.4, -0.2) is 90.2 Å². The molecule has 5 rings (SSSR count). The molecular formula is C27H41Cl2CuN3O6. The van der Waals surface area contributed by atoms with Crippen molar-refractivity contribution in [3.63, 3.8) is 0 Å². The molecule has 39 heavy (non-hydrogen) atoms. The Morgan fingerprint density at radius 3 is 1.36 bits per heavy atom. The number of carbonyl (C=O) groups is 1. The number of ketones is 1. The summed E-state index contributed by atoms with van der Waals surface area (Å²) in [6.07, 6.45) is 1.13. The predicted octanol–water partition coefficient (Wildman–Crippen LogP) is -6.76. The first-order valence-corrected chi connectivity index (χ1v) is 12.3. The van der Waals surface area contributed by atoms with Gasteiger partial charge < -0.3 is 65.6 Å². The summed E-state index contributed by atoms with van der Waals surface area (Å²) in [6, 6.07) is 17.5. The summed E-state index contributed by atoms with van der Waals surface area (Å²) in [4.78, 5) is 11.8. The number of nitrogens with two attached hydrogens (primary N) is 1. The Morgan fingerprint density at radius 2 is 1.08 bits per heavy atom. The quantitative estimate of drug-likeness (QED) is 0.132. The summed E-state index contributed by atoms with van der Waals surface area (Å²) < 4.78 is 15.1. The van der Waals surface area contributed by atoms with Crippen molar-refractivity contribution in [3.05, 3.63) is 77.9 Å². The molecule has 0 bridgehead atoms. The molecule has 0 unspecified atom stereocenters. The number of quaternary nitrogens is 1. The van der Waals surface area contributed by atoms with E-state index >= 15 is 0 Å². The van der Waals surface area contributed by atoms with Crippen LogP contribution in [-0.2, 0) is 31.3 Å². The zero-order chi connectivity index (χ0) is 24.8. The van der Waals surface area contributed by atoms with Crippen molar-refractivity contribution in [2.45, 2.75) is 0 Å². The van der Waals surface area contributed by atoms with Gasteiger partial charge in [-0.3, -0.25) is 4.79 Å². The molecule has 3 aliphatic heterocycles. The van der Waals surface area contributed by atoms with E-state index in [0.29, 0.717) is 11.1 Å². The Hall–Kier alpha value is -1.53. The van der Waals surface area contributed by atoms with Crippen molar-refractivity contribution in [1.82, 2.24) is 10.6 Å². The van der Waals surface area contributed by atoms with Gasteiger partial charge in [-0.2, -0.15) is 0 Å². The van der Waals surface area contributed by atoms with Crippen molar-refractivity contribution in [2.24, 2.45) is 0 Å². The second-order valence-electron chi connectivity index (χ2n) is 7.81. The number of ether oxygens (including phenoxy) is 3. The molecule has 0 saturated carbocycles. The first-order chi connectivity index (χ1) is 17.3. The third kappa shape index (κ3) is 21.9. The molecule has 3 aliphatic rings. The molecule has 12 heteroatoms. The van der Waals surface area contributed by atoms with Crippen LogP contribution in [0.4, 0.5) is 0 Å². The maximum absolute atomic E-state index is 11.8. The molecule has 0 aromatic heterocycles. The number of allylic oxidation sites excluding steroid dienone is 1. The second kappa shape index (κ2) is 29.5. The minimum atomic E-state index is -0.264. The zero-order valence-corrected chi connectivity index (χ0v) is 24.5. The number of hydrogen-bond acceptors (Lipinski definition) is 7. The van der Waals surface area contributed by atoms with E-state index in [2.05, 4.69) is 16.0 Å². The van der Waals surface area contributed by atoms with Crippen molar-refractivity contribution < 1.29 is 76.8 Å². The van der Waals surface area contributed by atoms with Crippen molar-refractivity contribution >= 4 is 11.5 Å². The van der Waals surface area contributed by atoms with Crippen molar-refractivity contribution in [2.75, 3.05) is 78.9 Å². The molecule has 3 saturated heterocycles. The monoisotopic (exact) mass is 636 g/mol. The van der Waals surface area contributed by atoms with Crippen LogP contribution in [0.2, 0.25) is 0 Å². The molecule has 1 radical (unpaired) electrons. The number of morpholine rings is 3. The molecule has 0 aliphatic carbocycles. The van der Waals surface area contributed by atoms with Gasteiger partial charge in [0.05, 0.1) is 52.7 Å². The number of benzene rings is 2. The molecule has 0 amide bonds. The van der Waals surface area contributed by atoms with E-state index in [1.165, 1.54) is 0 Å². The average molecular weight is 638 g/mol. The standard InChI is InChI=1S/C15H12O2.3C4H9NO.2ClH.Cu.H2O/c16-14(12-7-3-1-4-8-12)11-15(17)13-9-5-2-6-10-13;3*1-3-6-4-2-5-1;;;;/h1-11,16H;3*5H,1-4H2;2*1H;;1H2/q;;;;;;+2;/p-2/b14-11-;;;;;;;. The molecule has 9 nitrogen and oxygen atoms in total. The molecule has 3 heterocycles. The van der Waals surface area contributed by atoms with E-state index in [-0.39, 0.29) is 58.9 Å². The number of nitrogens with one attached hydrogen (secondary N) is 2. The number of rotatable bonds is 3. The number of hydrogen-bond donors (Lipinski definition) is 3. The Balaban J connectivity index is -0.000000491. The first-order valence-electron chi connectivity index (χ1n) is 12.3. The molecule has 2 aromatic rings. The van der Waals surface area contributed by atoms with Gasteiger partial charge in [0.2, 0.25) is 0 Å². The number of carbonyl (C=O) groups excluding carboxylic acids is 1. The predicted molar refractivity (Wildman–Crippen MR) is 139 cm³/mol. The van der Waals surface area contributed by atoms with Gasteiger partial charge in [-0.15, -0.1) is 0 Å². The van der Waals surface area contributed by atoms with Crippen molar-refractivity contribution in [1.29, 1.82) is 0 Å². The Morgan fingerprint density at radius 1 is 0.692 bits per heavy atom. The third-order valence-corrected chi connectivity index (χ3v) is 5.00. The summed E-state index contributed by atoms with van der Waals surface area (Å²) in [5.74, 6) is -0.529. The van der Waals surface area contributed by atoms with Gasteiger partial charge in [-0.1, -0.05) is 66.4 Å². The largest absolute Gasteiger partial charge is 2.00 e. The molecule has 2 aromatic carbocycles. The van der Waals surface area contributed by atoms with Crippen LogP contribution in [0, 0.1) is 0 Å². The fourth-order valence-corrected chi connectivity index (χ4v) is 3.10. The van der Waals surface area contributed by atoms with Gasteiger partial charge in [0, 0.05) is 31.7 Å². The maximum Gasteiger partial charge on any atom is 2.00 e. The van der Waals surface area contributed by atoms with Gasteiger partial charge in [-0.05, 0) is 11.6 Å². The molecule has 3 fully saturated rings. The maximum atomic E-state index is 11.8. The summed E-state index contributed by atoms with van der Waals surface area (Å²) in [5, 5.41) is 20.3. The fourth-order valence-electron chi connectivity index (χ4n) is 3.10.